The van der Waals surface area contributed by atoms with Gasteiger partial charge in [0.25, 0.3) is 0 Å². The molecule has 7 nitrogen and oxygen atoms in total. The number of likely N-dealkylation sites (tertiary alicyclic amines) is 2. The van der Waals surface area contributed by atoms with Crippen LogP contribution in [-0.2, 0) is 20.8 Å². The molecule has 156 valence electrons. The van der Waals surface area contributed by atoms with E-state index in [0.29, 0.717) is 39.1 Å². The summed E-state index contributed by atoms with van der Waals surface area (Å²) in [7, 11) is 0. The first-order chi connectivity index (χ1) is 14.1. The molecule has 7 heteroatoms. The van der Waals surface area contributed by atoms with Crippen LogP contribution in [0.2, 0.25) is 0 Å². The molecule has 3 saturated heterocycles. The molecule has 0 spiro atoms. The zero-order valence-corrected chi connectivity index (χ0v) is 16.9. The van der Waals surface area contributed by atoms with Crippen LogP contribution in [0.25, 0.3) is 0 Å². The normalized spacial score (nSPS) is 25.4. The SMILES string of the molecule is O=C(C1CCCN1C(=O)Cc1ccccc1)N1CCCC(N2CCNCC2=O)C1. The fourth-order valence-electron chi connectivity index (χ4n) is 4.82. The van der Waals surface area contributed by atoms with E-state index in [4.69, 9.17) is 0 Å². The molecule has 0 aliphatic carbocycles. The third kappa shape index (κ3) is 4.45. The maximum atomic E-state index is 13.3. The highest BCUT2D eigenvalue weighted by molar-refractivity contribution is 5.89. The fourth-order valence-corrected chi connectivity index (χ4v) is 4.82. The standard InChI is InChI=1S/C22H30N4O3/c27-20(14-17-6-2-1-3-7-17)26-12-5-9-19(26)22(29)24-11-4-8-18(16-24)25-13-10-23-15-21(25)28/h1-3,6-7,18-19,23H,4-5,8-16H2. The number of carbonyl (C=O) groups is 3. The van der Waals surface area contributed by atoms with Gasteiger partial charge in [-0.2, -0.15) is 0 Å². The van der Waals surface area contributed by atoms with E-state index in [9.17, 15) is 14.4 Å². The quantitative estimate of drug-likeness (QED) is 0.808. The topological polar surface area (TPSA) is 73.0 Å². The van der Waals surface area contributed by atoms with E-state index in [1.807, 2.05) is 40.1 Å². The molecule has 1 aromatic rings. The van der Waals surface area contributed by atoms with E-state index in [2.05, 4.69) is 5.32 Å². The molecule has 0 saturated carbocycles. The van der Waals surface area contributed by atoms with Gasteiger partial charge in [-0.05, 0) is 31.2 Å². The summed E-state index contributed by atoms with van der Waals surface area (Å²) in [6.07, 6.45) is 3.77. The maximum absolute atomic E-state index is 13.3. The third-order valence-corrected chi connectivity index (χ3v) is 6.33. The zero-order valence-electron chi connectivity index (χ0n) is 16.9. The summed E-state index contributed by atoms with van der Waals surface area (Å²) in [5.74, 6) is 0.199. The summed E-state index contributed by atoms with van der Waals surface area (Å²) < 4.78 is 0. The van der Waals surface area contributed by atoms with Gasteiger partial charge in [-0.3, -0.25) is 14.4 Å². The molecule has 3 aliphatic heterocycles. The van der Waals surface area contributed by atoms with E-state index in [0.717, 1.165) is 37.8 Å². The second-order valence-corrected chi connectivity index (χ2v) is 8.25. The Balaban J connectivity index is 1.39. The Labute approximate surface area is 172 Å². The highest BCUT2D eigenvalue weighted by Gasteiger charge is 2.39. The van der Waals surface area contributed by atoms with Crippen molar-refractivity contribution in [2.45, 2.75) is 44.2 Å². The first-order valence-corrected chi connectivity index (χ1v) is 10.8. The van der Waals surface area contributed by atoms with E-state index in [1.54, 1.807) is 4.90 Å². The Morgan fingerprint density at radius 3 is 2.62 bits per heavy atom. The van der Waals surface area contributed by atoms with Crippen LogP contribution < -0.4 is 5.32 Å². The van der Waals surface area contributed by atoms with Gasteiger partial charge in [0.2, 0.25) is 17.7 Å². The number of piperidine rings is 1. The van der Waals surface area contributed by atoms with Crippen molar-refractivity contribution < 1.29 is 14.4 Å². The molecule has 29 heavy (non-hydrogen) atoms. The number of hydrogen-bond donors (Lipinski definition) is 1. The van der Waals surface area contributed by atoms with Crippen molar-refractivity contribution in [3.05, 3.63) is 35.9 Å². The van der Waals surface area contributed by atoms with E-state index >= 15 is 0 Å². The summed E-state index contributed by atoms with van der Waals surface area (Å²) in [5, 5.41) is 3.10. The number of rotatable bonds is 4. The van der Waals surface area contributed by atoms with Gasteiger partial charge in [0.15, 0.2) is 0 Å². The number of carbonyl (C=O) groups excluding carboxylic acids is 3. The molecular weight excluding hydrogens is 368 g/mol. The Hall–Kier alpha value is -2.41. The molecule has 2 unspecified atom stereocenters. The molecular formula is C22H30N4O3. The Bertz CT molecular complexity index is 754. The van der Waals surface area contributed by atoms with Gasteiger partial charge >= 0.3 is 0 Å². The maximum Gasteiger partial charge on any atom is 0.245 e. The van der Waals surface area contributed by atoms with Gasteiger partial charge in [-0.25, -0.2) is 0 Å². The van der Waals surface area contributed by atoms with E-state index in [-0.39, 0.29) is 29.8 Å². The fraction of sp³-hybridized carbons (Fsp3) is 0.591. The average molecular weight is 399 g/mol. The van der Waals surface area contributed by atoms with Gasteiger partial charge in [0, 0.05) is 38.8 Å². The lowest BCUT2D eigenvalue weighted by Gasteiger charge is -2.42. The highest BCUT2D eigenvalue weighted by atomic mass is 16.2. The molecule has 1 aromatic carbocycles. The van der Waals surface area contributed by atoms with Crippen LogP contribution in [-0.4, -0.2) is 83.8 Å². The summed E-state index contributed by atoms with van der Waals surface area (Å²) in [6.45, 7) is 3.84. The third-order valence-electron chi connectivity index (χ3n) is 6.33. The number of amides is 3. The van der Waals surface area contributed by atoms with Crippen molar-refractivity contribution >= 4 is 17.7 Å². The van der Waals surface area contributed by atoms with Crippen LogP contribution in [0, 0.1) is 0 Å². The largest absolute Gasteiger partial charge is 0.339 e. The van der Waals surface area contributed by atoms with Gasteiger partial charge in [-0.15, -0.1) is 0 Å². The number of piperazine rings is 1. The molecule has 2 atom stereocenters. The van der Waals surface area contributed by atoms with Crippen LogP contribution >= 0.6 is 0 Å². The highest BCUT2D eigenvalue weighted by Crippen LogP contribution is 2.24. The minimum absolute atomic E-state index is 0.0258. The van der Waals surface area contributed by atoms with Crippen LogP contribution in [0.5, 0.6) is 0 Å². The average Bonchev–Trinajstić information content (AvgIpc) is 3.24. The molecule has 0 bridgehead atoms. The number of nitrogens with zero attached hydrogens (tertiary/aromatic N) is 3. The minimum atomic E-state index is -0.358. The lowest BCUT2D eigenvalue weighted by Crippen LogP contribution is -2.59. The van der Waals surface area contributed by atoms with Gasteiger partial charge in [0.05, 0.1) is 13.0 Å². The summed E-state index contributed by atoms with van der Waals surface area (Å²) in [5.41, 5.74) is 0.978. The molecule has 3 fully saturated rings. The lowest BCUT2D eigenvalue weighted by atomic mass is 10.0. The Morgan fingerprint density at radius 1 is 1.03 bits per heavy atom. The molecule has 0 radical (unpaired) electrons. The predicted octanol–water partition coefficient (Wildman–Crippen LogP) is 0.643. The Morgan fingerprint density at radius 2 is 1.83 bits per heavy atom. The van der Waals surface area contributed by atoms with Crippen LogP contribution in [0.15, 0.2) is 30.3 Å². The first kappa shape index (κ1) is 19.9. The molecule has 4 rings (SSSR count). The second-order valence-electron chi connectivity index (χ2n) is 8.25. The Kier molecular flexibility index (Phi) is 6.13. The molecule has 3 amide bonds. The van der Waals surface area contributed by atoms with Crippen LogP contribution in [0.1, 0.15) is 31.2 Å². The molecule has 1 N–H and O–H groups in total. The van der Waals surface area contributed by atoms with E-state index in [1.165, 1.54) is 0 Å². The smallest absolute Gasteiger partial charge is 0.245 e. The van der Waals surface area contributed by atoms with E-state index < -0.39 is 0 Å². The minimum Gasteiger partial charge on any atom is -0.339 e. The van der Waals surface area contributed by atoms with Gasteiger partial charge < -0.3 is 20.0 Å². The number of hydrogen-bond acceptors (Lipinski definition) is 4. The zero-order chi connectivity index (χ0) is 20.2. The van der Waals surface area contributed by atoms with Crippen molar-refractivity contribution in [1.29, 1.82) is 0 Å². The lowest BCUT2D eigenvalue weighted by molar-refractivity contribution is -0.146. The van der Waals surface area contributed by atoms with Crippen LogP contribution in [0.4, 0.5) is 0 Å². The van der Waals surface area contributed by atoms with Crippen molar-refractivity contribution in [2.75, 3.05) is 39.3 Å². The molecule has 0 aromatic heterocycles. The van der Waals surface area contributed by atoms with Crippen molar-refractivity contribution in [3.63, 3.8) is 0 Å². The summed E-state index contributed by atoms with van der Waals surface area (Å²) in [4.78, 5) is 44.0. The van der Waals surface area contributed by atoms with Crippen molar-refractivity contribution in [2.24, 2.45) is 0 Å². The predicted molar refractivity (Wildman–Crippen MR) is 109 cm³/mol. The monoisotopic (exact) mass is 398 g/mol. The molecule has 3 aliphatic rings. The summed E-state index contributed by atoms with van der Waals surface area (Å²) in [6, 6.07) is 9.43. The van der Waals surface area contributed by atoms with Crippen LogP contribution in [0.3, 0.4) is 0 Å². The van der Waals surface area contributed by atoms with Gasteiger partial charge in [-0.1, -0.05) is 30.3 Å². The van der Waals surface area contributed by atoms with Crippen molar-refractivity contribution in [1.82, 2.24) is 20.0 Å². The second kappa shape index (κ2) is 8.95. The molecule has 3 heterocycles. The number of nitrogens with one attached hydrogen (secondary N) is 1. The summed E-state index contributed by atoms with van der Waals surface area (Å²) >= 11 is 0. The number of benzene rings is 1. The first-order valence-electron chi connectivity index (χ1n) is 10.8. The van der Waals surface area contributed by atoms with Gasteiger partial charge in [0.1, 0.15) is 6.04 Å². The van der Waals surface area contributed by atoms with Crippen molar-refractivity contribution in [3.8, 4) is 0 Å².